The van der Waals surface area contributed by atoms with Gasteiger partial charge in [0.05, 0.1) is 14.2 Å². The van der Waals surface area contributed by atoms with Crippen molar-refractivity contribution in [2.45, 2.75) is 27.2 Å². The molecule has 0 saturated heterocycles. The first-order chi connectivity index (χ1) is 14.0. The molecule has 1 aromatic heterocycles. The molecule has 2 aromatic carbocycles. The molecule has 0 atom stereocenters. The molecule has 3 aromatic rings. The molecule has 0 spiro atoms. The van der Waals surface area contributed by atoms with E-state index in [-0.39, 0.29) is 0 Å². The molecule has 6 nitrogen and oxygen atoms in total. The van der Waals surface area contributed by atoms with E-state index in [4.69, 9.17) is 9.47 Å². The SMILES string of the molecule is COc1ccc(CCNc2cc(C)nc(Nc3c(C)cccc3C)n2)cc1OC. The Morgan fingerprint density at radius 2 is 1.59 bits per heavy atom. The normalized spacial score (nSPS) is 10.5. The minimum absolute atomic E-state index is 0.594. The van der Waals surface area contributed by atoms with E-state index in [1.807, 2.05) is 37.3 Å². The third-order valence-corrected chi connectivity index (χ3v) is 4.74. The van der Waals surface area contributed by atoms with E-state index >= 15 is 0 Å². The van der Waals surface area contributed by atoms with Gasteiger partial charge in [-0.3, -0.25) is 0 Å². The average molecular weight is 393 g/mol. The van der Waals surface area contributed by atoms with Gasteiger partial charge in [-0.25, -0.2) is 4.98 Å². The molecule has 0 fully saturated rings. The minimum Gasteiger partial charge on any atom is -0.493 e. The van der Waals surface area contributed by atoms with Crippen LogP contribution < -0.4 is 20.1 Å². The van der Waals surface area contributed by atoms with Crippen LogP contribution in [0.2, 0.25) is 0 Å². The van der Waals surface area contributed by atoms with Crippen LogP contribution >= 0.6 is 0 Å². The van der Waals surface area contributed by atoms with Crippen molar-refractivity contribution in [3.05, 3.63) is 64.8 Å². The lowest BCUT2D eigenvalue weighted by molar-refractivity contribution is 0.354. The number of aryl methyl sites for hydroxylation is 3. The van der Waals surface area contributed by atoms with Gasteiger partial charge < -0.3 is 20.1 Å². The fourth-order valence-corrected chi connectivity index (χ4v) is 3.21. The zero-order valence-corrected chi connectivity index (χ0v) is 17.7. The number of anilines is 3. The van der Waals surface area contributed by atoms with Gasteiger partial charge in [-0.2, -0.15) is 4.98 Å². The molecule has 0 radical (unpaired) electrons. The highest BCUT2D eigenvalue weighted by atomic mass is 16.5. The predicted octanol–water partition coefficient (Wildman–Crippen LogP) is 4.82. The average Bonchev–Trinajstić information content (AvgIpc) is 2.70. The summed E-state index contributed by atoms with van der Waals surface area (Å²) in [6.07, 6.45) is 0.836. The lowest BCUT2D eigenvalue weighted by Crippen LogP contribution is -2.09. The zero-order valence-electron chi connectivity index (χ0n) is 17.7. The standard InChI is InChI=1S/C23H28N4O2/c1-15-7-6-8-16(2)22(15)27-23-25-17(3)13-21(26-23)24-12-11-18-9-10-19(28-4)20(14-18)29-5/h6-10,13-14H,11-12H2,1-5H3,(H2,24,25,26,27). The maximum atomic E-state index is 5.37. The second-order valence-electron chi connectivity index (χ2n) is 6.98. The molecule has 29 heavy (non-hydrogen) atoms. The number of aromatic nitrogens is 2. The van der Waals surface area contributed by atoms with Gasteiger partial charge in [0.2, 0.25) is 5.95 Å². The Morgan fingerprint density at radius 3 is 2.28 bits per heavy atom. The van der Waals surface area contributed by atoms with E-state index in [9.17, 15) is 0 Å². The molecule has 0 unspecified atom stereocenters. The van der Waals surface area contributed by atoms with Crippen molar-refractivity contribution in [2.24, 2.45) is 0 Å². The molecule has 3 rings (SSSR count). The Kier molecular flexibility index (Phi) is 6.54. The van der Waals surface area contributed by atoms with Crippen LogP contribution in [0.1, 0.15) is 22.4 Å². The van der Waals surface area contributed by atoms with Crippen molar-refractivity contribution in [1.29, 1.82) is 0 Å². The summed E-state index contributed by atoms with van der Waals surface area (Å²) in [5, 5.41) is 6.76. The van der Waals surface area contributed by atoms with Crippen LogP contribution in [0.4, 0.5) is 17.5 Å². The van der Waals surface area contributed by atoms with Crippen molar-refractivity contribution in [2.75, 3.05) is 31.4 Å². The van der Waals surface area contributed by atoms with E-state index in [1.165, 1.54) is 0 Å². The van der Waals surface area contributed by atoms with Crippen molar-refractivity contribution in [3.63, 3.8) is 0 Å². The van der Waals surface area contributed by atoms with Gasteiger partial charge in [0.1, 0.15) is 5.82 Å². The second-order valence-corrected chi connectivity index (χ2v) is 6.98. The number of rotatable bonds is 8. The quantitative estimate of drug-likeness (QED) is 0.573. The van der Waals surface area contributed by atoms with Crippen LogP contribution in [0, 0.1) is 20.8 Å². The molecule has 0 aliphatic heterocycles. The number of para-hydroxylation sites is 1. The summed E-state index contributed by atoms with van der Waals surface area (Å²) in [7, 11) is 3.29. The van der Waals surface area contributed by atoms with Gasteiger partial charge in [0.25, 0.3) is 0 Å². The van der Waals surface area contributed by atoms with Gasteiger partial charge in [-0.1, -0.05) is 24.3 Å². The highest BCUT2D eigenvalue weighted by Gasteiger charge is 2.08. The molecule has 1 heterocycles. The Bertz CT molecular complexity index is 968. The van der Waals surface area contributed by atoms with Crippen LogP contribution in [0.25, 0.3) is 0 Å². The number of nitrogens with one attached hydrogen (secondary N) is 2. The lowest BCUT2D eigenvalue weighted by atomic mass is 10.1. The van der Waals surface area contributed by atoms with Gasteiger partial charge in [0.15, 0.2) is 11.5 Å². The van der Waals surface area contributed by atoms with Gasteiger partial charge in [0, 0.05) is 24.0 Å². The topological polar surface area (TPSA) is 68.3 Å². The molecular weight excluding hydrogens is 364 g/mol. The maximum absolute atomic E-state index is 5.37. The molecule has 0 saturated carbocycles. The fourth-order valence-electron chi connectivity index (χ4n) is 3.21. The highest BCUT2D eigenvalue weighted by Crippen LogP contribution is 2.28. The largest absolute Gasteiger partial charge is 0.493 e. The maximum Gasteiger partial charge on any atom is 0.229 e. The number of methoxy groups -OCH3 is 2. The van der Waals surface area contributed by atoms with Crippen molar-refractivity contribution in [1.82, 2.24) is 9.97 Å². The van der Waals surface area contributed by atoms with Gasteiger partial charge in [-0.05, 0) is 56.0 Å². The van der Waals surface area contributed by atoms with Crippen LogP contribution in [-0.4, -0.2) is 30.7 Å². The van der Waals surface area contributed by atoms with Crippen LogP contribution in [0.15, 0.2) is 42.5 Å². The minimum atomic E-state index is 0.594. The molecule has 0 amide bonds. The highest BCUT2D eigenvalue weighted by molar-refractivity contribution is 5.63. The Labute approximate surface area is 172 Å². The summed E-state index contributed by atoms with van der Waals surface area (Å²) in [5.41, 5.74) is 5.45. The predicted molar refractivity (Wildman–Crippen MR) is 118 cm³/mol. The summed E-state index contributed by atoms with van der Waals surface area (Å²) >= 11 is 0. The smallest absolute Gasteiger partial charge is 0.229 e. The van der Waals surface area contributed by atoms with E-state index in [2.05, 4.69) is 46.6 Å². The first-order valence-electron chi connectivity index (χ1n) is 9.64. The molecule has 0 aliphatic carbocycles. The Hall–Kier alpha value is -3.28. The summed E-state index contributed by atoms with van der Waals surface area (Å²) < 4.78 is 10.7. The molecule has 0 aliphatic rings. The van der Waals surface area contributed by atoms with Crippen LogP contribution in [0.5, 0.6) is 11.5 Å². The van der Waals surface area contributed by atoms with Crippen LogP contribution in [0.3, 0.4) is 0 Å². The monoisotopic (exact) mass is 392 g/mol. The number of benzene rings is 2. The third kappa shape index (κ3) is 5.16. The number of nitrogens with zero attached hydrogens (tertiary/aromatic N) is 2. The first-order valence-corrected chi connectivity index (χ1v) is 9.64. The Morgan fingerprint density at radius 1 is 0.862 bits per heavy atom. The number of hydrogen-bond donors (Lipinski definition) is 2. The molecule has 0 bridgehead atoms. The van der Waals surface area contributed by atoms with Crippen molar-refractivity contribution >= 4 is 17.5 Å². The zero-order chi connectivity index (χ0) is 20.8. The van der Waals surface area contributed by atoms with Crippen molar-refractivity contribution < 1.29 is 9.47 Å². The third-order valence-electron chi connectivity index (χ3n) is 4.74. The van der Waals surface area contributed by atoms with E-state index in [0.29, 0.717) is 5.95 Å². The summed E-state index contributed by atoms with van der Waals surface area (Å²) in [6.45, 7) is 6.87. The molecule has 6 heteroatoms. The Balaban J connectivity index is 1.68. The van der Waals surface area contributed by atoms with Gasteiger partial charge >= 0.3 is 0 Å². The fraction of sp³-hybridized carbons (Fsp3) is 0.304. The summed E-state index contributed by atoms with van der Waals surface area (Å²) in [6, 6.07) is 14.1. The van der Waals surface area contributed by atoms with Crippen molar-refractivity contribution in [3.8, 4) is 11.5 Å². The van der Waals surface area contributed by atoms with E-state index in [0.717, 1.165) is 58.4 Å². The van der Waals surface area contributed by atoms with E-state index < -0.39 is 0 Å². The van der Waals surface area contributed by atoms with E-state index in [1.54, 1.807) is 14.2 Å². The lowest BCUT2D eigenvalue weighted by Gasteiger charge is -2.13. The van der Waals surface area contributed by atoms with Crippen LogP contribution in [-0.2, 0) is 6.42 Å². The first kappa shape index (κ1) is 20.5. The number of hydrogen-bond acceptors (Lipinski definition) is 6. The molecule has 2 N–H and O–H groups in total. The molecular formula is C23H28N4O2. The summed E-state index contributed by atoms with van der Waals surface area (Å²) in [5.74, 6) is 2.86. The number of ether oxygens (including phenoxy) is 2. The second kappa shape index (κ2) is 9.28. The van der Waals surface area contributed by atoms with Gasteiger partial charge in [-0.15, -0.1) is 0 Å². The molecule has 152 valence electrons. The summed E-state index contributed by atoms with van der Waals surface area (Å²) in [4.78, 5) is 9.15.